The van der Waals surface area contributed by atoms with Crippen molar-refractivity contribution in [1.29, 1.82) is 0 Å². The predicted octanol–water partition coefficient (Wildman–Crippen LogP) is 4.46. The van der Waals surface area contributed by atoms with Gasteiger partial charge in [-0.2, -0.15) is 0 Å². The first-order chi connectivity index (χ1) is 18.7. The second-order valence-electron chi connectivity index (χ2n) is 10.3. The van der Waals surface area contributed by atoms with Crippen LogP contribution in [0.2, 0.25) is 0 Å². The Morgan fingerprint density at radius 1 is 0.897 bits per heavy atom. The van der Waals surface area contributed by atoms with Crippen molar-refractivity contribution < 1.29 is 18.0 Å². The van der Waals surface area contributed by atoms with Gasteiger partial charge in [0.1, 0.15) is 12.6 Å². The van der Waals surface area contributed by atoms with Crippen molar-refractivity contribution in [3.63, 3.8) is 0 Å². The molecule has 1 N–H and O–H groups in total. The van der Waals surface area contributed by atoms with E-state index in [-0.39, 0.29) is 18.5 Å². The third-order valence-electron chi connectivity index (χ3n) is 7.13. The quantitative estimate of drug-likeness (QED) is 0.384. The van der Waals surface area contributed by atoms with Crippen molar-refractivity contribution in [3.05, 3.63) is 102 Å². The number of para-hydroxylation sites is 1. The van der Waals surface area contributed by atoms with E-state index < -0.39 is 28.5 Å². The first-order valence-corrected chi connectivity index (χ1v) is 15.3. The lowest BCUT2D eigenvalue weighted by Gasteiger charge is -2.34. The first-order valence-electron chi connectivity index (χ1n) is 13.4. The summed E-state index contributed by atoms with van der Waals surface area (Å²) in [5.41, 5.74) is 3.24. The minimum atomic E-state index is -3.76. The molecular weight excluding hydrogens is 510 g/mol. The number of sulfonamides is 1. The molecule has 1 atom stereocenters. The second kappa shape index (κ2) is 12.9. The summed E-state index contributed by atoms with van der Waals surface area (Å²) in [7, 11) is -3.76. The van der Waals surface area contributed by atoms with Crippen LogP contribution in [0.3, 0.4) is 0 Å². The van der Waals surface area contributed by atoms with Gasteiger partial charge in [0.15, 0.2) is 0 Å². The maximum Gasteiger partial charge on any atom is 0.244 e. The molecule has 1 fully saturated rings. The number of amides is 2. The van der Waals surface area contributed by atoms with Crippen LogP contribution in [-0.4, -0.2) is 50.0 Å². The number of nitrogens with zero attached hydrogens (tertiary/aromatic N) is 2. The maximum absolute atomic E-state index is 14.1. The smallest absolute Gasteiger partial charge is 0.244 e. The molecule has 7 nitrogen and oxygen atoms in total. The molecule has 0 saturated heterocycles. The molecule has 39 heavy (non-hydrogen) atoms. The highest BCUT2D eigenvalue weighted by Gasteiger charge is 2.34. The fourth-order valence-corrected chi connectivity index (χ4v) is 5.99. The first kappa shape index (κ1) is 28.4. The molecule has 206 valence electrons. The summed E-state index contributed by atoms with van der Waals surface area (Å²) in [5, 5.41) is 3.18. The fourth-order valence-electron chi connectivity index (χ4n) is 5.14. The van der Waals surface area contributed by atoms with Crippen LogP contribution in [0.15, 0.2) is 84.9 Å². The van der Waals surface area contributed by atoms with Crippen molar-refractivity contribution in [3.8, 4) is 0 Å². The zero-order chi connectivity index (χ0) is 27.8. The van der Waals surface area contributed by atoms with E-state index in [1.807, 2.05) is 61.5 Å². The summed E-state index contributed by atoms with van der Waals surface area (Å²) in [4.78, 5) is 29.4. The highest BCUT2D eigenvalue weighted by atomic mass is 32.2. The number of nitrogens with one attached hydrogen (secondary N) is 1. The van der Waals surface area contributed by atoms with Gasteiger partial charge in [0.05, 0.1) is 11.9 Å². The third-order valence-corrected chi connectivity index (χ3v) is 8.27. The molecule has 0 aromatic heterocycles. The highest BCUT2D eigenvalue weighted by molar-refractivity contribution is 7.92. The Morgan fingerprint density at radius 2 is 1.51 bits per heavy atom. The summed E-state index contributed by atoms with van der Waals surface area (Å²) < 4.78 is 26.7. The molecule has 1 aliphatic rings. The van der Waals surface area contributed by atoms with Crippen molar-refractivity contribution in [2.45, 2.75) is 57.7 Å². The van der Waals surface area contributed by atoms with E-state index in [9.17, 15) is 18.0 Å². The van der Waals surface area contributed by atoms with E-state index in [1.165, 1.54) is 0 Å². The van der Waals surface area contributed by atoms with Gasteiger partial charge in [0, 0.05) is 19.0 Å². The van der Waals surface area contributed by atoms with Crippen molar-refractivity contribution in [2.24, 2.45) is 0 Å². The number of hydrogen-bond acceptors (Lipinski definition) is 4. The van der Waals surface area contributed by atoms with Crippen LogP contribution in [0.1, 0.15) is 42.4 Å². The monoisotopic (exact) mass is 547 g/mol. The SMILES string of the molecule is Cc1cccc(CN(C(=O)CN(c2ccccc2)S(C)(=O)=O)[C@@H](Cc2ccccc2)C(=O)NC2CCCC2)c1. The number of benzene rings is 3. The zero-order valence-corrected chi connectivity index (χ0v) is 23.4. The summed E-state index contributed by atoms with van der Waals surface area (Å²) in [6, 6.07) is 25.3. The van der Waals surface area contributed by atoms with Gasteiger partial charge in [-0.05, 0) is 43.0 Å². The molecule has 3 aromatic carbocycles. The standard InChI is InChI=1S/C31H37N3O4S/c1-24-12-11-15-26(20-24)22-33(30(35)23-34(39(2,37)38)28-18-7-4-8-19-28)29(21-25-13-5-3-6-14-25)31(36)32-27-16-9-10-17-27/h3-8,11-15,18-20,27,29H,9-10,16-17,21-23H2,1-2H3,(H,32,36)/t29-/m0/s1. The van der Waals surface area contributed by atoms with E-state index in [2.05, 4.69) is 5.32 Å². The molecule has 0 bridgehead atoms. The molecule has 1 aliphatic carbocycles. The lowest BCUT2D eigenvalue weighted by atomic mass is 10.0. The average Bonchev–Trinajstić information content (AvgIpc) is 3.42. The molecule has 3 aromatic rings. The Balaban J connectivity index is 1.71. The van der Waals surface area contributed by atoms with Gasteiger partial charge in [-0.25, -0.2) is 8.42 Å². The Bertz CT molecular complexity index is 1360. The van der Waals surface area contributed by atoms with Crippen molar-refractivity contribution >= 4 is 27.5 Å². The van der Waals surface area contributed by atoms with E-state index >= 15 is 0 Å². The molecule has 2 amide bonds. The summed E-state index contributed by atoms with van der Waals surface area (Å²) >= 11 is 0. The molecule has 0 spiro atoms. The molecule has 0 unspecified atom stereocenters. The van der Waals surface area contributed by atoms with Crippen LogP contribution in [0.5, 0.6) is 0 Å². The molecule has 0 heterocycles. The van der Waals surface area contributed by atoms with Crippen LogP contribution in [0.25, 0.3) is 0 Å². The molecule has 0 radical (unpaired) electrons. The normalized spacial score (nSPS) is 14.5. The number of anilines is 1. The Labute approximate surface area is 231 Å². The minimum absolute atomic E-state index is 0.0866. The number of aryl methyl sites for hydroxylation is 1. The number of hydrogen-bond donors (Lipinski definition) is 1. The van der Waals surface area contributed by atoms with E-state index in [0.717, 1.165) is 52.9 Å². The zero-order valence-electron chi connectivity index (χ0n) is 22.6. The van der Waals surface area contributed by atoms with Crippen molar-refractivity contribution in [1.82, 2.24) is 10.2 Å². The van der Waals surface area contributed by atoms with Gasteiger partial charge >= 0.3 is 0 Å². The van der Waals surface area contributed by atoms with E-state index in [4.69, 9.17) is 0 Å². The fraction of sp³-hybridized carbons (Fsp3) is 0.355. The molecule has 0 aliphatic heterocycles. The molecule has 1 saturated carbocycles. The van der Waals surface area contributed by atoms with Crippen LogP contribution < -0.4 is 9.62 Å². The van der Waals surface area contributed by atoms with Gasteiger partial charge in [-0.15, -0.1) is 0 Å². The Hall–Kier alpha value is -3.65. The van der Waals surface area contributed by atoms with Gasteiger partial charge < -0.3 is 10.2 Å². The topological polar surface area (TPSA) is 86.8 Å². The summed E-state index contributed by atoms with van der Waals surface area (Å²) in [6.45, 7) is 1.75. The Kier molecular flexibility index (Phi) is 9.41. The Morgan fingerprint density at radius 3 is 2.13 bits per heavy atom. The third kappa shape index (κ3) is 7.93. The lowest BCUT2D eigenvalue weighted by molar-refractivity contribution is -0.140. The number of carbonyl (C=O) groups excluding carboxylic acids is 2. The number of rotatable bonds is 11. The predicted molar refractivity (Wildman–Crippen MR) is 155 cm³/mol. The molecule has 8 heteroatoms. The van der Waals surface area contributed by atoms with Gasteiger partial charge in [-0.1, -0.05) is 91.2 Å². The van der Waals surface area contributed by atoms with Crippen molar-refractivity contribution in [2.75, 3.05) is 17.1 Å². The summed E-state index contributed by atoms with van der Waals surface area (Å²) in [5.74, 6) is -0.648. The number of carbonyl (C=O) groups is 2. The minimum Gasteiger partial charge on any atom is -0.352 e. The van der Waals surface area contributed by atoms with Gasteiger partial charge in [0.25, 0.3) is 0 Å². The van der Waals surface area contributed by atoms with Gasteiger partial charge in [-0.3, -0.25) is 13.9 Å². The molecular formula is C31H37N3O4S. The summed E-state index contributed by atoms with van der Waals surface area (Å²) in [6.07, 6.45) is 5.39. The molecule has 4 rings (SSSR count). The van der Waals surface area contributed by atoms with E-state index in [0.29, 0.717) is 12.1 Å². The van der Waals surface area contributed by atoms with E-state index in [1.54, 1.807) is 35.2 Å². The largest absolute Gasteiger partial charge is 0.352 e. The highest BCUT2D eigenvalue weighted by Crippen LogP contribution is 2.22. The average molecular weight is 548 g/mol. The van der Waals surface area contributed by atoms with Gasteiger partial charge in [0.2, 0.25) is 21.8 Å². The lowest BCUT2D eigenvalue weighted by Crippen LogP contribution is -2.54. The van der Waals surface area contributed by atoms with Crippen LogP contribution in [-0.2, 0) is 32.6 Å². The van der Waals surface area contributed by atoms with Crippen LogP contribution in [0.4, 0.5) is 5.69 Å². The second-order valence-corrected chi connectivity index (χ2v) is 12.2. The van der Waals surface area contributed by atoms with Crippen LogP contribution >= 0.6 is 0 Å². The van der Waals surface area contributed by atoms with Crippen LogP contribution in [0, 0.1) is 6.92 Å². The maximum atomic E-state index is 14.1.